The Morgan fingerprint density at radius 2 is 1.96 bits per heavy atom. The van der Waals surface area contributed by atoms with Crippen LogP contribution in [-0.2, 0) is 4.79 Å². The maximum absolute atomic E-state index is 12.6. The lowest BCUT2D eigenvalue weighted by Gasteiger charge is -2.19. The van der Waals surface area contributed by atoms with Crippen molar-refractivity contribution in [2.24, 2.45) is 0 Å². The zero-order chi connectivity index (χ0) is 18.8. The number of aromatic nitrogens is 2. The normalized spacial score (nSPS) is 16.7. The van der Waals surface area contributed by atoms with Gasteiger partial charge in [0.15, 0.2) is 5.82 Å². The first-order valence-corrected chi connectivity index (χ1v) is 9.08. The molecule has 1 aliphatic rings. The predicted molar refractivity (Wildman–Crippen MR) is 102 cm³/mol. The minimum Gasteiger partial charge on any atom is -0.492 e. The third-order valence-corrected chi connectivity index (χ3v) is 4.69. The number of hydrogen-bond acceptors (Lipinski definition) is 5. The summed E-state index contributed by atoms with van der Waals surface area (Å²) >= 11 is 0. The quantitative estimate of drug-likeness (QED) is 0.686. The third kappa shape index (κ3) is 3.43. The number of benzene rings is 2. The molecule has 3 aromatic rings. The van der Waals surface area contributed by atoms with Crippen molar-refractivity contribution in [1.82, 2.24) is 10.1 Å². The maximum atomic E-state index is 12.6. The van der Waals surface area contributed by atoms with Gasteiger partial charge in [-0.05, 0) is 38.1 Å². The molecule has 1 aliphatic heterocycles. The fraction of sp³-hybridized carbons (Fsp3) is 0.286. The number of rotatable bonds is 5. The van der Waals surface area contributed by atoms with Gasteiger partial charge < -0.3 is 14.2 Å². The van der Waals surface area contributed by atoms with Crippen molar-refractivity contribution >= 4 is 11.6 Å². The highest BCUT2D eigenvalue weighted by Crippen LogP contribution is 2.36. The van der Waals surface area contributed by atoms with Crippen LogP contribution in [0.5, 0.6) is 5.75 Å². The van der Waals surface area contributed by atoms with Gasteiger partial charge in [-0.1, -0.05) is 35.0 Å². The molecule has 4 rings (SSSR count). The largest absolute Gasteiger partial charge is 0.492 e. The van der Waals surface area contributed by atoms with E-state index >= 15 is 0 Å². The zero-order valence-corrected chi connectivity index (χ0v) is 15.4. The van der Waals surface area contributed by atoms with E-state index in [1.54, 1.807) is 4.90 Å². The average Bonchev–Trinajstić information content (AvgIpc) is 3.30. The SMILES string of the molecule is CCOc1ccccc1N1CC(c2noc(-c3ccc(C)cc3)n2)CC1=O. The van der Waals surface area contributed by atoms with Crippen molar-refractivity contribution < 1.29 is 14.1 Å². The van der Waals surface area contributed by atoms with Crippen LogP contribution in [0.25, 0.3) is 11.5 Å². The second kappa shape index (κ2) is 7.23. The fourth-order valence-corrected chi connectivity index (χ4v) is 3.29. The monoisotopic (exact) mass is 363 g/mol. The van der Waals surface area contributed by atoms with Crippen molar-refractivity contribution in [3.05, 3.63) is 59.9 Å². The van der Waals surface area contributed by atoms with Crippen LogP contribution in [0.1, 0.15) is 30.7 Å². The minimum absolute atomic E-state index is 0.0360. The standard InChI is InChI=1S/C21H21N3O3/c1-3-26-18-7-5-4-6-17(18)24-13-16(12-19(24)25)20-22-21(27-23-20)15-10-8-14(2)9-11-15/h4-11,16H,3,12-13H2,1-2H3. The molecule has 1 amide bonds. The van der Waals surface area contributed by atoms with Gasteiger partial charge in [-0.3, -0.25) is 4.79 Å². The summed E-state index contributed by atoms with van der Waals surface area (Å²) < 4.78 is 11.1. The number of hydrogen-bond donors (Lipinski definition) is 0. The smallest absolute Gasteiger partial charge is 0.257 e. The number of carbonyl (C=O) groups excluding carboxylic acids is 1. The van der Waals surface area contributed by atoms with Crippen LogP contribution in [0, 0.1) is 6.92 Å². The molecule has 0 spiro atoms. The second-order valence-electron chi connectivity index (χ2n) is 6.63. The molecule has 138 valence electrons. The number of nitrogens with zero attached hydrogens (tertiary/aromatic N) is 3. The highest BCUT2D eigenvalue weighted by molar-refractivity contribution is 5.97. The average molecular weight is 363 g/mol. The predicted octanol–water partition coefficient (Wildman–Crippen LogP) is 3.96. The molecule has 1 unspecified atom stereocenters. The number of aryl methyl sites for hydroxylation is 1. The molecule has 0 bridgehead atoms. The Hall–Kier alpha value is -3.15. The van der Waals surface area contributed by atoms with Crippen LogP contribution in [0.3, 0.4) is 0 Å². The summed E-state index contributed by atoms with van der Waals surface area (Å²) in [6, 6.07) is 15.5. The number of carbonyl (C=O) groups is 1. The third-order valence-electron chi connectivity index (χ3n) is 4.69. The van der Waals surface area contributed by atoms with Gasteiger partial charge >= 0.3 is 0 Å². The van der Waals surface area contributed by atoms with Gasteiger partial charge in [-0.2, -0.15) is 4.98 Å². The molecule has 1 atom stereocenters. The lowest BCUT2D eigenvalue weighted by molar-refractivity contribution is -0.117. The van der Waals surface area contributed by atoms with Crippen LogP contribution >= 0.6 is 0 Å². The molecule has 1 saturated heterocycles. The molecule has 0 radical (unpaired) electrons. The number of anilines is 1. The van der Waals surface area contributed by atoms with E-state index in [2.05, 4.69) is 10.1 Å². The molecule has 0 aliphatic carbocycles. The Labute approximate surface area is 157 Å². The molecule has 0 N–H and O–H groups in total. The molecule has 2 aromatic carbocycles. The maximum Gasteiger partial charge on any atom is 0.257 e. The molecule has 2 heterocycles. The van der Waals surface area contributed by atoms with Gasteiger partial charge in [0.2, 0.25) is 5.91 Å². The van der Waals surface area contributed by atoms with E-state index in [9.17, 15) is 4.79 Å². The summed E-state index contributed by atoms with van der Waals surface area (Å²) in [5.41, 5.74) is 2.83. The summed E-state index contributed by atoms with van der Waals surface area (Å²) in [5.74, 6) is 1.69. The zero-order valence-electron chi connectivity index (χ0n) is 15.4. The van der Waals surface area contributed by atoms with Gasteiger partial charge in [-0.15, -0.1) is 0 Å². The Kier molecular flexibility index (Phi) is 4.62. The molecule has 1 aromatic heterocycles. The fourth-order valence-electron chi connectivity index (χ4n) is 3.29. The second-order valence-corrected chi connectivity index (χ2v) is 6.63. The lowest BCUT2D eigenvalue weighted by Crippen LogP contribution is -2.25. The molecule has 1 fully saturated rings. The summed E-state index contributed by atoms with van der Waals surface area (Å²) in [4.78, 5) is 18.9. The first kappa shape index (κ1) is 17.3. The van der Waals surface area contributed by atoms with Crippen LogP contribution in [0.15, 0.2) is 53.1 Å². The summed E-state index contributed by atoms with van der Waals surface area (Å²) in [7, 11) is 0. The van der Waals surface area contributed by atoms with Gasteiger partial charge in [0, 0.05) is 24.4 Å². The Morgan fingerprint density at radius 1 is 1.19 bits per heavy atom. The van der Waals surface area contributed by atoms with Gasteiger partial charge in [-0.25, -0.2) is 0 Å². The van der Waals surface area contributed by atoms with E-state index in [1.807, 2.05) is 62.4 Å². The Balaban J connectivity index is 1.56. The lowest BCUT2D eigenvalue weighted by atomic mass is 10.1. The molecule has 27 heavy (non-hydrogen) atoms. The molecule has 0 saturated carbocycles. The van der Waals surface area contributed by atoms with Gasteiger partial charge in [0.1, 0.15) is 5.75 Å². The highest BCUT2D eigenvalue weighted by atomic mass is 16.5. The number of ether oxygens (including phenoxy) is 1. The molecular formula is C21H21N3O3. The summed E-state index contributed by atoms with van der Waals surface area (Å²) in [5, 5.41) is 4.12. The van der Waals surface area contributed by atoms with Gasteiger partial charge in [0.05, 0.1) is 12.3 Å². The molecule has 6 heteroatoms. The van der Waals surface area contributed by atoms with E-state index in [0.717, 1.165) is 11.3 Å². The van der Waals surface area contributed by atoms with Crippen molar-refractivity contribution in [3.63, 3.8) is 0 Å². The summed E-state index contributed by atoms with van der Waals surface area (Å²) in [6.45, 7) is 5.02. The van der Waals surface area contributed by atoms with Crippen LogP contribution in [0.4, 0.5) is 5.69 Å². The first-order valence-electron chi connectivity index (χ1n) is 9.08. The first-order chi connectivity index (χ1) is 13.2. The van der Waals surface area contributed by atoms with Crippen LogP contribution in [-0.4, -0.2) is 29.2 Å². The summed E-state index contributed by atoms with van der Waals surface area (Å²) in [6.07, 6.45) is 0.354. The van der Waals surface area contributed by atoms with Crippen molar-refractivity contribution in [2.45, 2.75) is 26.2 Å². The van der Waals surface area contributed by atoms with E-state index in [-0.39, 0.29) is 11.8 Å². The molecular weight excluding hydrogens is 342 g/mol. The van der Waals surface area contributed by atoms with Crippen molar-refractivity contribution in [1.29, 1.82) is 0 Å². The number of amides is 1. The van der Waals surface area contributed by atoms with E-state index in [1.165, 1.54) is 5.56 Å². The minimum atomic E-state index is -0.102. The van der Waals surface area contributed by atoms with E-state index in [0.29, 0.717) is 37.0 Å². The van der Waals surface area contributed by atoms with Crippen molar-refractivity contribution in [2.75, 3.05) is 18.1 Å². The topological polar surface area (TPSA) is 68.5 Å². The number of para-hydroxylation sites is 2. The van der Waals surface area contributed by atoms with E-state index in [4.69, 9.17) is 9.26 Å². The van der Waals surface area contributed by atoms with E-state index < -0.39 is 0 Å². The van der Waals surface area contributed by atoms with Crippen molar-refractivity contribution in [3.8, 4) is 17.2 Å². The van der Waals surface area contributed by atoms with Gasteiger partial charge in [0.25, 0.3) is 5.89 Å². The Morgan fingerprint density at radius 3 is 2.74 bits per heavy atom. The Bertz CT molecular complexity index is 949. The highest BCUT2D eigenvalue weighted by Gasteiger charge is 2.35. The van der Waals surface area contributed by atoms with Crippen LogP contribution in [0.2, 0.25) is 0 Å². The molecule has 6 nitrogen and oxygen atoms in total. The van der Waals surface area contributed by atoms with Crippen LogP contribution < -0.4 is 9.64 Å².